The van der Waals surface area contributed by atoms with Crippen LogP contribution in [-0.2, 0) is 9.53 Å². The van der Waals surface area contributed by atoms with Crippen LogP contribution in [0.5, 0.6) is 17.2 Å². The lowest BCUT2D eigenvalue weighted by molar-refractivity contribution is -0.187. The van der Waals surface area contributed by atoms with Crippen molar-refractivity contribution < 1.29 is 32.2 Å². The van der Waals surface area contributed by atoms with Crippen LogP contribution in [0.25, 0.3) is 6.08 Å². The van der Waals surface area contributed by atoms with E-state index in [0.717, 1.165) is 11.6 Å². The summed E-state index contributed by atoms with van der Waals surface area (Å²) in [5.41, 5.74) is 0.433. The second-order valence-corrected chi connectivity index (χ2v) is 7.48. The molecule has 154 valence electrons. The van der Waals surface area contributed by atoms with Gasteiger partial charge < -0.3 is 14.2 Å². The summed E-state index contributed by atoms with van der Waals surface area (Å²) < 4.78 is 56.6. The van der Waals surface area contributed by atoms with E-state index in [1.807, 2.05) is 0 Å². The second kappa shape index (κ2) is 8.28. The SMILES string of the molecule is CCOC(=O)C1=Cc2cc(Br)c(Oc3ccc(Cl)cc3C)cc2OC1C(F)(F)F. The number of hydrogen-bond acceptors (Lipinski definition) is 4. The van der Waals surface area contributed by atoms with Gasteiger partial charge in [-0.1, -0.05) is 11.6 Å². The summed E-state index contributed by atoms with van der Waals surface area (Å²) in [6.07, 6.45) is -6.10. The minimum absolute atomic E-state index is 0.0511. The maximum Gasteiger partial charge on any atom is 0.430 e. The highest BCUT2D eigenvalue weighted by Crippen LogP contribution is 2.43. The Kier molecular flexibility index (Phi) is 6.14. The molecule has 0 saturated carbocycles. The first-order chi connectivity index (χ1) is 13.6. The van der Waals surface area contributed by atoms with Gasteiger partial charge in [0, 0.05) is 16.7 Å². The molecule has 1 aliphatic rings. The zero-order chi connectivity index (χ0) is 21.3. The molecule has 2 aromatic rings. The fourth-order valence-electron chi connectivity index (χ4n) is 2.75. The minimum Gasteiger partial charge on any atom is -0.475 e. The van der Waals surface area contributed by atoms with Crippen LogP contribution < -0.4 is 9.47 Å². The normalized spacial score (nSPS) is 15.8. The van der Waals surface area contributed by atoms with Crippen molar-refractivity contribution in [3.63, 3.8) is 0 Å². The summed E-state index contributed by atoms with van der Waals surface area (Å²) in [6.45, 7) is 3.25. The fourth-order valence-corrected chi connectivity index (χ4v) is 3.41. The van der Waals surface area contributed by atoms with E-state index >= 15 is 0 Å². The minimum atomic E-state index is -4.79. The van der Waals surface area contributed by atoms with Crippen molar-refractivity contribution >= 4 is 39.6 Å². The van der Waals surface area contributed by atoms with E-state index in [1.165, 1.54) is 19.1 Å². The molecule has 1 heterocycles. The Labute approximate surface area is 178 Å². The number of benzene rings is 2. The Bertz CT molecular complexity index is 988. The lowest BCUT2D eigenvalue weighted by Crippen LogP contribution is -2.40. The molecule has 0 aromatic heterocycles. The van der Waals surface area contributed by atoms with Gasteiger partial charge in [-0.2, -0.15) is 13.2 Å². The van der Waals surface area contributed by atoms with Crippen LogP contribution in [-0.4, -0.2) is 24.9 Å². The Morgan fingerprint density at radius 1 is 1.24 bits per heavy atom. The zero-order valence-electron chi connectivity index (χ0n) is 15.3. The van der Waals surface area contributed by atoms with Crippen molar-refractivity contribution in [1.29, 1.82) is 0 Å². The van der Waals surface area contributed by atoms with Crippen molar-refractivity contribution in [3.8, 4) is 17.2 Å². The highest BCUT2D eigenvalue weighted by Gasteiger charge is 2.49. The van der Waals surface area contributed by atoms with Gasteiger partial charge in [0.2, 0.25) is 6.10 Å². The number of rotatable bonds is 4. The van der Waals surface area contributed by atoms with Crippen LogP contribution in [0.3, 0.4) is 0 Å². The molecule has 2 aromatic carbocycles. The second-order valence-electron chi connectivity index (χ2n) is 6.19. The lowest BCUT2D eigenvalue weighted by Gasteiger charge is -2.28. The summed E-state index contributed by atoms with van der Waals surface area (Å²) in [5, 5.41) is 0.535. The third kappa shape index (κ3) is 4.70. The molecule has 4 nitrogen and oxygen atoms in total. The number of carbonyl (C=O) groups is 1. The largest absolute Gasteiger partial charge is 0.475 e. The molecule has 0 saturated heterocycles. The number of aryl methyl sites for hydroxylation is 1. The predicted octanol–water partition coefficient (Wildman–Crippen LogP) is 6.47. The Balaban J connectivity index is 2.01. The van der Waals surface area contributed by atoms with E-state index in [0.29, 0.717) is 20.8 Å². The first kappa shape index (κ1) is 21.5. The third-order valence-corrected chi connectivity index (χ3v) is 4.92. The summed E-state index contributed by atoms with van der Waals surface area (Å²) in [4.78, 5) is 12.0. The standard InChI is InChI=1S/C20H15BrClF3O4/c1-3-27-19(26)13-7-11-8-14(21)17(9-16(11)29-18(13)20(23,24)25)28-15-5-4-12(22)6-10(15)2/h4-9,18H,3H2,1-2H3. The molecule has 0 aliphatic carbocycles. The number of halogens is 5. The van der Waals surface area contributed by atoms with Gasteiger partial charge in [0.25, 0.3) is 0 Å². The zero-order valence-corrected chi connectivity index (χ0v) is 17.6. The summed E-state index contributed by atoms with van der Waals surface area (Å²) in [5.74, 6) is -0.400. The van der Waals surface area contributed by atoms with E-state index in [9.17, 15) is 18.0 Å². The van der Waals surface area contributed by atoms with Gasteiger partial charge >= 0.3 is 12.1 Å². The van der Waals surface area contributed by atoms with E-state index in [4.69, 9.17) is 25.8 Å². The first-order valence-electron chi connectivity index (χ1n) is 8.49. The van der Waals surface area contributed by atoms with E-state index in [1.54, 1.807) is 25.1 Å². The van der Waals surface area contributed by atoms with Crippen LogP contribution in [0.15, 0.2) is 40.4 Å². The molecule has 0 fully saturated rings. The van der Waals surface area contributed by atoms with Gasteiger partial charge in [-0.15, -0.1) is 0 Å². The number of fused-ring (bicyclic) bond motifs is 1. The molecular weight excluding hydrogens is 477 g/mol. The summed E-state index contributed by atoms with van der Waals surface area (Å²) in [7, 11) is 0. The number of carbonyl (C=O) groups excluding carboxylic acids is 1. The van der Waals surface area contributed by atoms with Crippen LogP contribution in [0.1, 0.15) is 18.1 Å². The maximum absolute atomic E-state index is 13.5. The molecular formula is C20H15BrClF3O4. The number of hydrogen-bond donors (Lipinski definition) is 0. The van der Waals surface area contributed by atoms with Gasteiger partial charge in [0.1, 0.15) is 17.2 Å². The van der Waals surface area contributed by atoms with E-state index in [-0.39, 0.29) is 18.1 Å². The van der Waals surface area contributed by atoms with Crippen LogP contribution in [0, 0.1) is 6.92 Å². The molecule has 3 rings (SSSR count). The van der Waals surface area contributed by atoms with Crippen LogP contribution in [0.2, 0.25) is 5.02 Å². The molecule has 1 aliphatic heterocycles. The molecule has 1 atom stereocenters. The van der Waals surface area contributed by atoms with Crippen LogP contribution in [0.4, 0.5) is 13.2 Å². The number of ether oxygens (including phenoxy) is 3. The maximum atomic E-state index is 13.5. The molecule has 0 amide bonds. The monoisotopic (exact) mass is 490 g/mol. The Hall–Kier alpha value is -2.19. The lowest BCUT2D eigenvalue weighted by atomic mass is 10.0. The molecule has 1 unspecified atom stereocenters. The number of alkyl halides is 3. The smallest absolute Gasteiger partial charge is 0.430 e. The van der Waals surface area contributed by atoms with Gasteiger partial charge in [-0.05, 0) is 65.7 Å². The predicted molar refractivity (Wildman–Crippen MR) is 105 cm³/mol. The fraction of sp³-hybridized carbons (Fsp3) is 0.250. The van der Waals surface area contributed by atoms with Crippen LogP contribution >= 0.6 is 27.5 Å². The van der Waals surface area contributed by atoms with Crippen molar-refractivity contribution in [2.75, 3.05) is 6.61 Å². The van der Waals surface area contributed by atoms with Crippen molar-refractivity contribution in [1.82, 2.24) is 0 Å². The highest BCUT2D eigenvalue weighted by molar-refractivity contribution is 9.10. The molecule has 0 bridgehead atoms. The Morgan fingerprint density at radius 2 is 1.97 bits per heavy atom. The number of esters is 1. The molecule has 0 radical (unpaired) electrons. The highest BCUT2D eigenvalue weighted by atomic mass is 79.9. The first-order valence-corrected chi connectivity index (χ1v) is 9.67. The summed E-state index contributed by atoms with van der Waals surface area (Å²) in [6, 6.07) is 7.85. The molecule has 9 heteroatoms. The van der Waals surface area contributed by atoms with Crippen molar-refractivity contribution in [3.05, 3.63) is 56.5 Å². The van der Waals surface area contributed by atoms with Gasteiger partial charge in [-0.3, -0.25) is 0 Å². The Morgan fingerprint density at radius 3 is 2.59 bits per heavy atom. The average Bonchev–Trinajstić information content (AvgIpc) is 2.63. The van der Waals surface area contributed by atoms with Crippen molar-refractivity contribution in [2.45, 2.75) is 26.1 Å². The van der Waals surface area contributed by atoms with Gasteiger partial charge in [-0.25, -0.2) is 4.79 Å². The van der Waals surface area contributed by atoms with E-state index < -0.39 is 23.8 Å². The summed E-state index contributed by atoms with van der Waals surface area (Å²) >= 11 is 9.27. The average molecular weight is 492 g/mol. The molecule has 0 spiro atoms. The van der Waals surface area contributed by atoms with Crippen molar-refractivity contribution in [2.24, 2.45) is 0 Å². The molecule has 0 N–H and O–H groups in total. The van der Waals surface area contributed by atoms with Gasteiger partial charge in [0.15, 0.2) is 0 Å². The quantitative estimate of drug-likeness (QED) is 0.460. The third-order valence-electron chi connectivity index (χ3n) is 4.07. The molecule has 29 heavy (non-hydrogen) atoms. The van der Waals surface area contributed by atoms with E-state index in [2.05, 4.69) is 15.9 Å². The topological polar surface area (TPSA) is 44.8 Å². The van der Waals surface area contributed by atoms with Gasteiger partial charge in [0.05, 0.1) is 16.7 Å².